The van der Waals surface area contributed by atoms with Gasteiger partial charge < -0.3 is 20.7 Å². The number of hydrogen-bond acceptors (Lipinski definition) is 3. The number of rotatable bonds is 10. The lowest BCUT2D eigenvalue weighted by atomic mass is 10.1. The predicted octanol–water partition coefficient (Wildman–Crippen LogP) is 1.33. The SMILES string of the molecule is CCNC(=NCC(=O)NCCOC)NC(C)CCc1ccccc1. The molecule has 0 saturated carbocycles. The maximum absolute atomic E-state index is 11.7. The Balaban J connectivity index is 2.39. The van der Waals surface area contributed by atoms with Crippen LogP contribution in [0.4, 0.5) is 0 Å². The number of hydrogen-bond donors (Lipinski definition) is 3. The molecule has 0 radical (unpaired) electrons. The number of aliphatic imine (C=N–C) groups is 1. The number of guanidine groups is 1. The highest BCUT2D eigenvalue weighted by Gasteiger charge is 2.07. The van der Waals surface area contributed by atoms with Gasteiger partial charge in [-0.1, -0.05) is 30.3 Å². The Hall–Kier alpha value is -2.08. The molecule has 0 aliphatic carbocycles. The van der Waals surface area contributed by atoms with Gasteiger partial charge in [0.2, 0.25) is 5.91 Å². The molecule has 1 atom stereocenters. The average molecular weight is 334 g/mol. The van der Waals surface area contributed by atoms with Crippen LogP contribution in [0.5, 0.6) is 0 Å². The standard InChI is InChI=1S/C18H30N4O2/c1-4-19-18(21-14-17(23)20-12-13-24-3)22-15(2)10-11-16-8-6-5-7-9-16/h5-9,15H,4,10-14H2,1-3H3,(H,20,23)(H2,19,21,22). The molecule has 0 aromatic heterocycles. The Kier molecular flexibility index (Phi) is 10.3. The van der Waals surface area contributed by atoms with Crippen molar-refractivity contribution in [2.24, 2.45) is 4.99 Å². The molecule has 1 amide bonds. The van der Waals surface area contributed by atoms with Gasteiger partial charge in [0.25, 0.3) is 0 Å². The third kappa shape index (κ3) is 9.15. The number of amides is 1. The van der Waals surface area contributed by atoms with E-state index in [1.54, 1.807) is 7.11 Å². The fraction of sp³-hybridized carbons (Fsp3) is 0.556. The zero-order valence-corrected chi connectivity index (χ0v) is 15.0. The summed E-state index contributed by atoms with van der Waals surface area (Å²) in [6, 6.07) is 10.7. The molecule has 0 bridgehead atoms. The molecule has 6 nitrogen and oxygen atoms in total. The van der Waals surface area contributed by atoms with Gasteiger partial charge in [-0.2, -0.15) is 0 Å². The minimum Gasteiger partial charge on any atom is -0.383 e. The first-order valence-corrected chi connectivity index (χ1v) is 8.50. The molecular weight excluding hydrogens is 304 g/mol. The zero-order valence-electron chi connectivity index (χ0n) is 15.0. The van der Waals surface area contributed by atoms with Crippen molar-refractivity contribution in [2.75, 3.05) is 33.4 Å². The van der Waals surface area contributed by atoms with Crippen LogP contribution in [0, 0.1) is 0 Å². The summed E-state index contributed by atoms with van der Waals surface area (Å²) in [6.45, 7) is 5.98. The van der Waals surface area contributed by atoms with E-state index in [2.05, 4.69) is 52.1 Å². The number of benzene rings is 1. The molecule has 0 saturated heterocycles. The summed E-state index contributed by atoms with van der Waals surface area (Å²) in [5.41, 5.74) is 1.32. The van der Waals surface area contributed by atoms with Crippen molar-refractivity contribution in [1.82, 2.24) is 16.0 Å². The molecule has 24 heavy (non-hydrogen) atoms. The molecule has 0 aliphatic heterocycles. The summed E-state index contributed by atoms with van der Waals surface area (Å²) < 4.78 is 4.90. The van der Waals surface area contributed by atoms with Crippen molar-refractivity contribution >= 4 is 11.9 Å². The third-order valence-corrected chi connectivity index (χ3v) is 3.45. The number of carbonyl (C=O) groups excluding carboxylic acids is 1. The molecule has 1 aromatic rings. The van der Waals surface area contributed by atoms with Crippen LogP contribution in [0.3, 0.4) is 0 Å². The average Bonchev–Trinajstić information content (AvgIpc) is 2.59. The van der Waals surface area contributed by atoms with Gasteiger partial charge in [0.15, 0.2) is 5.96 Å². The lowest BCUT2D eigenvalue weighted by Gasteiger charge is -2.17. The quantitative estimate of drug-likeness (QED) is 0.343. The highest BCUT2D eigenvalue weighted by atomic mass is 16.5. The molecule has 134 valence electrons. The summed E-state index contributed by atoms with van der Waals surface area (Å²) in [6.07, 6.45) is 2.00. The van der Waals surface area contributed by atoms with Gasteiger partial charge in [0.05, 0.1) is 6.61 Å². The Bertz CT molecular complexity index is 491. The number of carbonyl (C=O) groups is 1. The van der Waals surface area contributed by atoms with E-state index in [0.29, 0.717) is 19.1 Å². The summed E-state index contributed by atoms with van der Waals surface area (Å²) >= 11 is 0. The largest absolute Gasteiger partial charge is 0.383 e. The van der Waals surface area contributed by atoms with Crippen LogP contribution < -0.4 is 16.0 Å². The zero-order chi connectivity index (χ0) is 17.6. The highest BCUT2D eigenvalue weighted by molar-refractivity contribution is 5.85. The minimum absolute atomic E-state index is 0.102. The Morgan fingerprint density at radius 2 is 2.00 bits per heavy atom. The second kappa shape index (κ2) is 12.4. The van der Waals surface area contributed by atoms with Crippen molar-refractivity contribution in [2.45, 2.75) is 32.7 Å². The lowest BCUT2D eigenvalue weighted by Crippen LogP contribution is -2.43. The molecule has 1 rings (SSSR count). The predicted molar refractivity (Wildman–Crippen MR) is 98.2 cm³/mol. The molecule has 0 heterocycles. The van der Waals surface area contributed by atoms with Crippen molar-refractivity contribution in [3.8, 4) is 0 Å². The monoisotopic (exact) mass is 334 g/mol. The lowest BCUT2D eigenvalue weighted by molar-refractivity contribution is -0.119. The van der Waals surface area contributed by atoms with E-state index in [0.717, 1.165) is 19.4 Å². The molecule has 0 fully saturated rings. The highest BCUT2D eigenvalue weighted by Crippen LogP contribution is 2.04. The maximum Gasteiger partial charge on any atom is 0.241 e. The van der Waals surface area contributed by atoms with Crippen molar-refractivity contribution in [3.63, 3.8) is 0 Å². The molecule has 3 N–H and O–H groups in total. The van der Waals surface area contributed by atoms with E-state index in [4.69, 9.17) is 4.74 Å². The van der Waals surface area contributed by atoms with Gasteiger partial charge in [0, 0.05) is 26.2 Å². The van der Waals surface area contributed by atoms with Gasteiger partial charge >= 0.3 is 0 Å². The molecule has 6 heteroatoms. The second-order valence-electron chi connectivity index (χ2n) is 5.61. The van der Waals surface area contributed by atoms with Crippen LogP contribution in [0.1, 0.15) is 25.8 Å². The molecule has 1 aromatic carbocycles. The van der Waals surface area contributed by atoms with Crippen LogP contribution >= 0.6 is 0 Å². The molecule has 0 aliphatic rings. The first-order valence-electron chi connectivity index (χ1n) is 8.50. The van der Waals surface area contributed by atoms with Crippen molar-refractivity contribution < 1.29 is 9.53 Å². The minimum atomic E-state index is -0.110. The first-order chi connectivity index (χ1) is 11.7. The molecule has 0 spiro atoms. The van der Waals surface area contributed by atoms with Crippen LogP contribution in [-0.2, 0) is 16.0 Å². The first kappa shape index (κ1) is 20.0. The van der Waals surface area contributed by atoms with Gasteiger partial charge in [-0.3, -0.25) is 4.79 Å². The Labute approximate surface area is 145 Å². The van der Waals surface area contributed by atoms with Gasteiger partial charge in [-0.15, -0.1) is 0 Å². The third-order valence-electron chi connectivity index (χ3n) is 3.45. The maximum atomic E-state index is 11.7. The van der Waals surface area contributed by atoms with Crippen molar-refractivity contribution in [1.29, 1.82) is 0 Å². The second-order valence-corrected chi connectivity index (χ2v) is 5.61. The number of nitrogens with one attached hydrogen (secondary N) is 3. The fourth-order valence-corrected chi connectivity index (χ4v) is 2.15. The fourth-order valence-electron chi connectivity index (χ4n) is 2.15. The van der Waals surface area contributed by atoms with E-state index in [9.17, 15) is 4.79 Å². The summed E-state index contributed by atoms with van der Waals surface area (Å²) in [5.74, 6) is 0.557. The van der Waals surface area contributed by atoms with Crippen LogP contribution in [0.2, 0.25) is 0 Å². The smallest absolute Gasteiger partial charge is 0.241 e. The van der Waals surface area contributed by atoms with E-state index in [1.165, 1.54) is 5.56 Å². The van der Waals surface area contributed by atoms with Crippen LogP contribution in [0.15, 0.2) is 35.3 Å². The van der Waals surface area contributed by atoms with Crippen LogP contribution in [0.25, 0.3) is 0 Å². The van der Waals surface area contributed by atoms with E-state index in [-0.39, 0.29) is 18.5 Å². The summed E-state index contributed by atoms with van der Waals surface area (Å²) in [5, 5.41) is 9.27. The number of methoxy groups -OCH3 is 1. The van der Waals surface area contributed by atoms with E-state index < -0.39 is 0 Å². The Morgan fingerprint density at radius 3 is 2.67 bits per heavy atom. The molecular formula is C18H30N4O2. The van der Waals surface area contributed by atoms with Gasteiger partial charge in [-0.05, 0) is 32.3 Å². The normalized spacial score (nSPS) is 12.5. The summed E-state index contributed by atoms with van der Waals surface area (Å²) in [4.78, 5) is 16.0. The van der Waals surface area contributed by atoms with E-state index in [1.807, 2.05) is 13.0 Å². The Morgan fingerprint density at radius 1 is 1.25 bits per heavy atom. The van der Waals surface area contributed by atoms with Gasteiger partial charge in [-0.25, -0.2) is 4.99 Å². The van der Waals surface area contributed by atoms with E-state index >= 15 is 0 Å². The molecule has 1 unspecified atom stereocenters. The topological polar surface area (TPSA) is 74.8 Å². The number of nitrogens with zero attached hydrogens (tertiary/aromatic N) is 1. The number of ether oxygens (including phenoxy) is 1. The van der Waals surface area contributed by atoms with Crippen molar-refractivity contribution in [3.05, 3.63) is 35.9 Å². The van der Waals surface area contributed by atoms with Crippen LogP contribution in [-0.4, -0.2) is 51.3 Å². The van der Waals surface area contributed by atoms with Gasteiger partial charge in [0.1, 0.15) is 6.54 Å². The summed E-state index contributed by atoms with van der Waals surface area (Å²) in [7, 11) is 1.61. The number of aryl methyl sites for hydroxylation is 1.